The van der Waals surface area contributed by atoms with E-state index < -0.39 is 0 Å². The maximum atomic E-state index is 5.32. The van der Waals surface area contributed by atoms with Gasteiger partial charge < -0.3 is 9.73 Å². The second-order valence-electron chi connectivity index (χ2n) is 4.33. The van der Waals surface area contributed by atoms with Gasteiger partial charge in [-0.25, -0.2) is 0 Å². The molecule has 0 saturated heterocycles. The van der Waals surface area contributed by atoms with E-state index in [-0.39, 0.29) is 0 Å². The fourth-order valence-electron chi connectivity index (χ4n) is 1.93. The molecule has 0 saturated carbocycles. The minimum Gasteiger partial charge on any atom is -0.468 e. The quantitative estimate of drug-likeness (QED) is 0.843. The van der Waals surface area contributed by atoms with Crippen LogP contribution in [-0.4, -0.2) is 0 Å². The van der Waals surface area contributed by atoms with Crippen LogP contribution in [-0.2, 0) is 6.54 Å². The van der Waals surface area contributed by atoms with E-state index in [9.17, 15) is 0 Å². The standard InChI is InChI=1S/C15H19NO/c1-3-15(13-8-6-12(2)7-9-13)16-11-14-5-4-10-17-14/h4-10,15-16H,3,11H2,1-2H3. The fourth-order valence-corrected chi connectivity index (χ4v) is 1.93. The molecule has 0 spiro atoms. The molecule has 1 unspecified atom stereocenters. The SMILES string of the molecule is CCC(NCc1ccco1)c1ccc(C)cc1. The second kappa shape index (κ2) is 5.69. The van der Waals surface area contributed by atoms with Crippen LogP contribution >= 0.6 is 0 Å². The normalized spacial score (nSPS) is 12.6. The predicted molar refractivity (Wildman–Crippen MR) is 69.8 cm³/mol. The molecule has 1 atom stereocenters. The Morgan fingerprint density at radius 2 is 1.94 bits per heavy atom. The molecule has 0 aliphatic rings. The molecule has 2 heteroatoms. The Labute approximate surface area is 103 Å². The maximum Gasteiger partial charge on any atom is 0.117 e. The van der Waals surface area contributed by atoms with Crippen molar-refractivity contribution < 1.29 is 4.42 Å². The molecule has 1 N–H and O–H groups in total. The van der Waals surface area contributed by atoms with Crippen molar-refractivity contribution in [3.8, 4) is 0 Å². The van der Waals surface area contributed by atoms with Crippen LogP contribution in [0.15, 0.2) is 47.1 Å². The maximum absolute atomic E-state index is 5.32. The summed E-state index contributed by atoms with van der Waals surface area (Å²) in [5.74, 6) is 0.982. The Kier molecular flexibility index (Phi) is 3.99. The molecule has 0 fully saturated rings. The molecule has 0 radical (unpaired) electrons. The van der Waals surface area contributed by atoms with Crippen molar-refractivity contribution in [1.29, 1.82) is 0 Å². The fraction of sp³-hybridized carbons (Fsp3) is 0.333. The van der Waals surface area contributed by atoms with E-state index in [1.807, 2.05) is 12.1 Å². The van der Waals surface area contributed by atoms with Gasteiger partial charge in [-0.3, -0.25) is 0 Å². The zero-order valence-electron chi connectivity index (χ0n) is 10.4. The van der Waals surface area contributed by atoms with Crippen molar-refractivity contribution in [2.24, 2.45) is 0 Å². The number of rotatable bonds is 5. The highest BCUT2D eigenvalue weighted by Gasteiger charge is 2.08. The number of aryl methyl sites for hydroxylation is 1. The van der Waals surface area contributed by atoms with Crippen molar-refractivity contribution in [2.75, 3.05) is 0 Å². The smallest absolute Gasteiger partial charge is 0.117 e. The van der Waals surface area contributed by atoms with E-state index >= 15 is 0 Å². The first kappa shape index (κ1) is 11.9. The van der Waals surface area contributed by atoms with Crippen LogP contribution in [0.5, 0.6) is 0 Å². The summed E-state index contributed by atoms with van der Waals surface area (Å²) in [5, 5.41) is 3.51. The lowest BCUT2D eigenvalue weighted by atomic mass is 10.0. The van der Waals surface area contributed by atoms with Gasteiger partial charge in [0.2, 0.25) is 0 Å². The summed E-state index contributed by atoms with van der Waals surface area (Å²) in [5.41, 5.74) is 2.64. The van der Waals surface area contributed by atoms with Gasteiger partial charge in [-0.1, -0.05) is 36.8 Å². The lowest BCUT2D eigenvalue weighted by Crippen LogP contribution is -2.19. The van der Waals surface area contributed by atoms with Crippen LogP contribution in [0.2, 0.25) is 0 Å². The van der Waals surface area contributed by atoms with Gasteiger partial charge in [-0.15, -0.1) is 0 Å². The Morgan fingerprint density at radius 3 is 2.53 bits per heavy atom. The average molecular weight is 229 g/mol. The van der Waals surface area contributed by atoms with Crippen LogP contribution < -0.4 is 5.32 Å². The van der Waals surface area contributed by atoms with Crippen LogP contribution in [0.4, 0.5) is 0 Å². The van der Waals surface area contributed by atoms with Crippen molar-refractivity contribution >= 4 is 0 Å². The summed E-state index contributed by atoms with van der Waals surface area (Å²) in [7, 11) is 0. The van der Waals surface area contributed by atoms with Gasteiger partial charge in [0.1, 0.15) is 5.76 Å². The Hall–Kier alpha value is -1.54. The molecule has 0 aliphatic carbocycles. The summed E-state index contributed by atoms with van der Waals surface area (Å²) >= 11 is 0. The third-order valence-electron chi connectivity index (χ3n) is 2.99. The van der Waals surface area contributed by atoms with E-state index in [0.29, 0.717) is 6.04 Å². The molecule has 0 amide bonds. The van der Waals surface area contributed by atoms with Crippen LogP contribution in [0.1, 0.15) is 36.3 Å². The third-order valence-corrected chi connectivity index (χ3v) is 2.99. The average Bonchev–Trinajstić information content (AvgIpc) is 2.85. The Morgan fingerprint density at radius 1 is 1.18 bits per heavy atom. The zero-order chi connectivity index (χ0) is 12.1. The van der Waals surface area contributed by atoms with Crippen LogP contribution in [0.3, 0.4) is 0 Å². The van der Waals surface area contributed by atoms with Crippen molar-refractivity contribution in [2.45, 2.75) is 32.9 Å². The number of benzene rings is 1. The number of furan rings is 1. The predicted octanol–water partition coefficient (Wildman–Crippen LogP) is 3.83. The molecule has 2 rings (SSSR count). The molecule has 1 aromatic carbocycles. The largest absolute Gasteiger partial charge is 0.468 e. The van der Waals surface area contributed by atoms with Crippen molar-refractivity contribution in [1.82, 2.24) is 5.32 Å². The second-order valence-corrected chi connectivity index (χ2v) is 4.33. The summed E-state index contributed by atoms with van der Waals surface area (Å²) in [6.45, 7) is 5.08. The monoisotopic (exact) mass is 229 g/mol. The molecular formula is C15H19NO. The van der Waals surface area contributed by atoms with Gasteiger partial charge in [0.15, 0.2) is 0 Å². The molecule has 1 aromatic heterocycles. The summed E-state index contributed by atoms with van der Waals surface area (Å²) in [6.07, 6.45) is 2.79. The van der Waals surface area contributed by atoms with Gasteiger partial charge in [-0.2, -0.15) is 0 Å². The molecule has 1 heterocycles. The molecule has 0 aliphatic heterocycles. The molecule has 0 bridgehead atoms. The summed E-state index contributed by atoms with van der Waals surface area (Å²) in [4.78, 5) is 0. The van der Waals surface area contributed by atoms with E-state index in [1.54, 1.807) is 6.26 Å². The van der Waals surface area contributed by atoms with E-state index in [1.165, 1.54) is 11.1 Å². The van der Waals surface area contributed by atoms with Gasteiger partial charge in [0.25, 0.3) is 0 Å². The Bertz CT molecular complexity index is 430. The molecule has 90 valence electrons. The number of nitrogens with one attached hydrogen (secondary N) is 1. The topological polar surface area (TPSA) is 25.2 Å². The van der Waals surface area contributed by atoms with Crippen molar-refractivity contribution in [3.05, 3.63) is 59.5 Å². The highest BCUT2D eigenvalue weighted by Crippen LogP contribution is 2.17. The van der Waals surface area contributed by atoms with Crippen LogP contribution in [0, 0.1) is 6.92 Å². The molecular weight excluding hydrogens is 210 g/mol. The zero-order valence-corrected chi connectivity index (χ0v) is 10.4. The first-order chi connectivity index (χ1) is 8.29. The van der Waals surface area contributed by atoms with Gasteiger partial charge in [0.05, 0.1) is 12.8 Å². The Balaban J connectivity index is 1.99. The minimum absolute atomic E-state index is 0.390. The van der Waals surface area contributed by atoms with Crippen molar-refractivity contribution in [3.63, 3.8) is 0 Å². The van der Waals surface area contributed by atoms with Gasteiger partial charge in [0, 0.05) is 6.04 Å². The highest BCUT2D eigenvalue weighted by molar-refractivity contribution is 5.24. The van der Waals surface area contributed by atoms with Gasteiger partial charge >= 0.3 is 0 Å². The first-order valence-corrected chi connectivity index (χ1v) is 6.12. The van der Waals surface area contributed by atoms with E-state index in [2.05, 4.69) is 43.4 Å². The molecule has 17 heavy (non-hydrogen) atoms. The molecule has 2 nitrogen and oxygen atoms in total. The summed E-state index contributed by atoms with van der Waals surface area (Å²) < 4.78 is 5.32. The number of hydrogen-bond acceptors (Lipinski definition) is 2. The molecule has 2 aromatic rings. The lowest BCUT2D eigenvalue weighted by molar-refractivity contribution is 0.443. The minimum atomic E-state index is 0.390. The first-order valence-electron chi connectivity index (χ1n) is 6.12. The lowest BCUT2D eigenvalue weighted by Gasteiger charge is -2.16. The number of hydrogen-bond donors (Lipinski definition) is 1. The third kappa shape index (κ3) is 3.21. The van der Waals surface area contributed by atoms with E-state index in [4.69, 9.17) is 4.42 Å². The van der Waals surface area contributed by atoms with Gasteiger partial charge in [-0.05, 0) is 31.0 Å². The highest BCUT2D eigenvalue weighted by atomic mass is 16.3. The summed E-state index contributed by atoms with van der Waals surface area (Å²) in [6, 6.07) is 13.0. The van der Waals surface area contributed by atoms with E-state index in [0.717, 1.165) is 18.7 Å². The van der Waals surface area contributed by atoms with Crippen LogP contribution in [0.25, 0.3) is 0 Å².